The molecule has 1 fully saturated rings. The molecule has 128 valence electrons. The van der Waals surface area contributed by atoms with Crippen LogP contribution in [0, 0.1) is 16.0 Å². The molecule has 2 aliphatic rings. The smallest absolute Gasteiger partial charge is 0.270 e. The number of benzene rings is 1. The molecule has 1 N–H and O–H groups in total. The quantitative estimate of drug-likeness (QED) is 0.653. The highest BCUT2D eigenvalue weighted by Crippen LogP contribution is 2.43. The van der Waals surface area contributed by atoms with Crippen LogP contribution in [0.1, 0.15) is 37.0 Å². The van der Waals surface area contributed by atoms with Gasteiger partial charge in [0, 0.05) is 45.0 Å². The molecule has 24 heavy (non-hydrogen) atoms. The van der Waals surface area contributed by atoms with Gasteiger partial charge in [0.1, 0.15) is 11.4 Å². The second-order valence-electron chi connectivity index (χ2n) is 6.35. The van der Waals surface area contributed by atoms with Crippen LogP contribution < -0.4 is 10.2 Å². The lowest BCUT2D eigenvalue weighted by atomic mass is 9.74. The van der Waals surface area contributed by atoms with Crippen molar-refractivity contribution < 1.29 is 19.2 Å². The second-order valence-corrected chi connectivity index (χ2v) is 6.35. The van der Waals surface area contributed by atoms with Crippen molar-refractivity contribution >= 4 is 17.4 Å². The Kier molecular flexibility index (Phi) is 4.00. The number of hydrazine groups is 1. The predicted octanol–water partition coefficient (Wildman–Crippen LogP) is 1.69. The van der Waals surface area contributed by atoms with E-state index in [1.165, 1.54) is 25.1 Å². The molecule has 1 aromatic carbocycles. The van der Waals surface area contributed by atoms with Crippen molar-refractivity contribution in [2.45, 2.75) is 32.3 Å². The third-order valence-electron chi connectivity index (χ3n) is 4.86. The van der Waals surface area contributed by atoms with Gasteiger partial charge >= 0.3 is 0 Å². The number of piperidine rings is 1. The lowest BCUT2D eigenvalue weighted by Gasteiger charge is -2.47. The highest BCUT2D eigenvalue weighted by Gasteiger charge is 2.49. The van der Waals surface area contributed by atoms with Crippen molar-refractivity contribution in [3.63, 3.8) is 0 Å². The maximum Gasteiger partial charge on any atom is 0.270 e. The van der Waals surface area contributed by atoms with Gasteiger partial charge in [0.05, 0.1) is 16.4 Å². The van der Waals surface area contributed by atoms with Crippen molar-refractivity contribution in [2.24, 2.45) is 5.92 Å². The van der Waals surface area contributed by atoms with E-state index in [2.05, 4.69) is 5.43 Å². The minimum absolute atomic E-state index is 0.116. The molecule has 1 saturated heterocycles. The van der Waals surface area contributed by atoms with Crippen molar-refractivity contribution in [1.29, 1.82) is 0 Å². The molecule has 3 rings (SSSR count). The van der Waals surface area contributed by atoms with E-state index in [1.54, 1.807) is 6.92 Å². The van der Waals surface area contributed by atoms with Crippen LogP contribution in [0.4, 0.5) is 5.69 Å². The zero-order valence-electron chi connectivity index (χ0n) is 13.6. The van der Waals surface area contributed by atoms with Crippen molar-refractivity contribution in [1.82, 2.24) is 10.4 Å². The summed E-state index contributed by atoms with van der Waals surface area (Å²) in [6.07, 6.45) is 1.19. The van der Waals surface area contributed by atoms with Crippen molar-refractivity contribution in [2.75, 3.05) is 13.1 Å². The van der Waals surface area contributed by atoms with Crippen LogP contribution in [0.2, 0.25) is 0 Å². The number of carbonyl (C=O) groups excluding carboxylic acids is 2. The number of carbonyl (C=O) groups is 2. The van der Waals surface area contributed by atoms with E-state index in [1.807, 2.05) is 5.01 Å². The number of fused-ring (bicyclic) bond motifs is 1. The van der Waals surface area contributed by atoms with Gasteiger partial charge in [0.2, 0.25) is 5.91 Å². The molecule has 1 aromatic rings. The van der Waals surface area contributed by atoms with Gasteiger partial charge in [0.15, 0.2) is 5.78 Å². The number of ketones is 1. The minimum atomic E-state index is -0.630. The van der Waals surface area contributed by atoms with Crippen LogP contribution in [0.15, 0.2) is 18.2 Å². The van der Waals surface area contributed by atoms with Gasteiger partial charge in [-0.25, -0.2) is 5.01 Å². The number of Topliss-reactive ketones (excluding diaryl/α,β-unsaturated/α-hetero) is 1. The Balaban J connectivity index is 1.85. The van der Waals surface area contributed by atoms with Gasteiger partial charge in [0.25, 0.3) is 5.69 Å². The summed E-state index contributed by atoms with van der Waals surface area (Å²) in [7, 11) is 0. The molecule has 0 aliphatic carbocycles. The fourth-order valence-electron chi connectivity index (χ4n) is 3.45. The third-order valence-corrected chi connectivity index (χ3v) is 4.86. The van der Waals surface area contributed by atoms with Gasteiger partial charge in [-0.2, -0.15) is 0 Å². The largest absolute Gasteiger partial charge is 0.486 e. The van der Waals surface area contributed by atoms with Crippen LogP contribution in [0.25, 0.3) is 0 Å². The minimum Gasteiger partial charge on any atom is -0.486 e. The number of rotatable bonds is 2. The summed E-state index contributed by atoms with van der Waals surface area (Å²) in [5, 5.41) is 12.7. The van der Waals surface area contributed by atoms with E-state index >= 15 is 0 Å². The van der Waals surface area contributed by atoms with Gasteiger partial charge in [-0.1, -0.05) is 6.92 Å². The summed E-state index contributed by atoms with van der Waals surface area (Å²) in [5.74, 6) is -0.256. The Labute approximate surface area is 138 Å². The summed E-state index contributed by atoms with van der Waals surface area (Å²) in [6, 6.07) is 4.13. The Hall–Kier alpha value is -2.48. The maximum atomic E-state index is 12.7. The zero-order chi connectivity index (χ0) is 17.5. The number of non-ortho nitro benzene ring substituents is 1. The lowest BCUT2D eigenvalue weighted by molar-refractivity contribution is -0.384. The highest BCUT2D eigenvalue weighted by atomic mass is 16.6. The average molecular weight is 333 g/mol. The lowest BCUT2D eigenvalue weighted by Crippen LogP contribution is -2.58. The Morgan fingerprint density at radius 1 is 1.42 bits per heavy atom. The van der Waals surface area contributed by atoms with E-state index < -0.39 is 16.4 Å². The Bertz CT molecular complexity index is 710. The Morgan fingerprint density at radius 3 is 2.67 bits per heavy atom. The van der Waals surface area contributed by atoms with Crippen molar-refractivity contribution in [3.8, 4) is 5.75 Å². The van der Waals surface area contributed by atoms with Crippen LogP contribution in [-0.4, -0.2) is 40.3 Å². The molecule has 0 radical (unpaired) electrons. The second kappa shape index (κ2) is 5.86. The first-order valence-electron chi connectivity index (χ1n) is 7.86. The van der Waals surface area contributed by atoms with Crippen LogP contribution in [0.5, 0.6) is 5.75 Å². The Morgan fingerprint density at radius 2 is 2.08 bits per heavy atom. The standard InChI is InChI=1S/C16H19N3O5/c1-10-15(21)13-9-12(19(22)23)3-4-14(13)24-16(10)5-7-18(8-6-16)17-11(2)20/h3-4,9-10H,5-8H2,1-2H3,(H,17,20). The van der Waals surface area contributed by atoms with Crippen LogP contribution >= 0.6 is 0 Å². The number of hydrogen-bond donors (Lipinski definition) is 1. The van der Waals surface area contributed by atoms with Gasteiger partial charge in [-0.3, -0.25) is 25.1 Å². The van der Waals surface area contributed by atoms with E-state index in [0.29, 0.717) is 31.7 Å². The van der Waals surface area contributed by atoms with Gasteiger partial charge in [-0.15, -0.1) is 0 Å². The SMILES string of the molecule is CC(=O)NN1CCC2(CC1)Oc1ccc([N+](=O)[O-])cc1C(=O)C2C. The highest BCUT2D eigenvalue weighted by molar-refractivity contribution is 6.02. The zero-order valence-corrected chi connectivity index (χ0v) is 13.6. The average Bonchev–Trinajstić information content (AvgIpc) is 2.54. The summed E-state index contributed by atoms with van der Waals surface area (Å²) in [5.41, 5.74) is 2.27. The monoisotopic (exact) mass is 333 g/mol. The van der Waals surface area contributed by atoms with Gasteiger partial charge in [-0.05, 0) is 6.07 Å². The number of nitro groups is 1. The van der Waals surface area contributed by atoms with E-state index in [9.17, 15) is 19.7 Å². The van der Waals surface area contributed by atoms with E-state index in [0.717, 1.165) is 0 Å². The first-order chi connectivity index (χ1) is 11.3. The van der Waals surface area contributed by atoms with Gasteiger partial charge < -0.3 is 4.74 Å². The van der Waals surface area contributed by atoms with E-state index in [4.69, 9.17) is 4.74 Å². The topological polar surface area (TPSA) is 102 Å². The third kappa shape index (κ3) is 2.73. The molecule has 0 saturated carbocycles. The van der Waals surface area contributed by atoms with Crippen LogP contribution in [-0.2, 0) is 4.79 Å². The molecule has 0 bridgehead atoms. The summed E-state index contributed by atoms with van der Waals surface area (Å²) >= 11 is 0. The first-order valence-corrected chi connectivity index (χ1v) is 7.86. The molecule has 2 aliphatic heterocycles. The number of amides is 1. The molecular formula is C16H19N3O5. The maximum absolute atomic E-state index is 12.7. The fraction of sp³-hybridized carbons (Fsp3) is 0.500. The molecule has 1 spiro atoms. The predicted molar refractivity (Wildman–Crippen MR) is 84.6 cm³/mol. The number of hydrogen-bond acceptors (Lipinski definition) is 6. The van der Waals surface area contributed by atoms with Crippen LogP contribution in [0.3, 0.4) is 0 Å². The first kappa shape index (κ1) is 16.4. The summed E-state index contributed by atoms with van der Waals surface area (Å²) in [4.78, 5) is 34.3. The van der Waals surface area contributed by atoms with E-state index in [-0.39, 0.29) is 22.9 Å². The number of nitrogens with zero attached hydrogens (tertiary/aromatic N) is 2. The normalized spacial score (nSPS) is 22.6. The number of nitro benzene ring substituents is 1. The summed E-state index contributed by atoms with van der Waals surface area (Å²) in [6.45, 7) is 4.42. The summed E-state index contributed by atoms with van der Waals surface area (Å²) < 4.78 is 6.15. The molecule has 1 atom stereocenters. The fourth-order valence-corrected chi connectivity index (χ4v) is 3.45. The molecule has 2 heterocycles. The molecule has 0 aromatic heterocycles. The molecule has 1 amide bonds. The molecular weight excluding hydrogens is 314 g/mol. The van der Waals surface area contributed by atoms with Crippen molar-refractivity contribution in [3.05, 3.63) is 33.9 Å². The number of nitrogens with one attached hydrogen (secondary N) is 1. The molecule has 8 nitrogen and oxygen atoms in total. The number of ether oxygens (including phenoxy) is 1. The molecule has 1 unspecified atom stereocenters. The molecule has 8 heteroatoms.